The minimum absolute atomic E-state index is 0.232. The zero-order valence-corrected chi connectivity index (χ0v) is 19.1. The van der Waals surface area contributed by atoms with Crippen LogP contribution in [-0.2, 0) is 6.54 Å². The largest absolute Gasteiger partial charge is 0.497 e. The molecule has 10 heteroatoms. The van der Waals surface area contributed by atoms with Crippen LogP contribution in [0.1, 0.15) is 5.69 Å². The van der Waals surface area contributed by atoms with E-state index in [1.165, 1.54) is 10.7 Å². The number of rotatable bonds is 7. The Kier molecular flexibility index (Phi) is 6.62. The van der Waals surface area contributed by atoms with Crippen LogP contribution < -0.4 is 20.9 Å². The molecule has 164 valence electrons. The number of nitrogens with one attached hydrogen (secondary N) is 2. The summed E-state index contributed by atoms with van der Waals surface area (Å²) < 4.78 is 6.50. The first kappa shape index (κ1) is 21.7. The molecule has 0 saturated carbocycles. The lowest BCUT2D eigenvalue weighted by atomic mass is 10.3. The molecule has 0 radical (unpaired) electrons. The lowest BCUT2D eigenvalue weighted by Crippen LogP contribution is -2.34. The van der Waals surface area contributed by atoms with Gasteiger partial charge in [-0.25, -0.2) is 14.5 Å². The summed E-state index contributed by atoms with van der Waals surface area (Å²) in [5, 5.41) is 12.9. The molecule has 0 aliphatic heterocycles. The molecule has 2 N–H and O–H groups in total. The Morgan fingerprint density at radius 1 is 1.19 bits per heavy atom. The number of ether oxygens (including phenoxy) is 1. The van der Waals surface area contributed by atoms with Gasteiger partial charge >= 0.3 is 6.03 Å². The molecule has 4 rings (SSSR count). The molecule has 0 saturated heterocycles. The molecule has 0 aliphatic rings. The van der Waals surface area contributed by atoms with Crippen LogP contribution >= 0.6 is 22.7 Å². The molecular formula is C22H21N5O3S2. The molecule has 1 aromatic carbocycles. The maximum Gasteiger partial charge on any atom is 0.319 e. The number of methoxy groups -OCH3 is 1. The van der Waals surface area contributed by atoms with Crippen LogP contribution in [0, 0.1) is 6.92 Å². The van der Waals surface area contributed by atoms with E-state index in [2.05, 4.69) is 20.7 Å². The van der Waals surface area contributed by atoms with Gasteiger partial charge in [-0.3, -0.25) is 4.79 Å². The molecule has 8 nitrogen and oxygen atoms in total. The van der Waals surface area contributed by atoms with E-state index < -0.39 is 0 Å². The Bertz CT molecular complexity index is 1280. The predicted molar refractivity (Wildman–Crippen MR) is 128 cm³/mol. The minimum Gasteiger partial charge on any atom is -0.497 e. The van der Waals surface area contributed by atoms with Crippen LogP contribution in [0.3, 0.4) is 0 Å². The van der Waals surface area contributed by atoms with Gasteiger partial charge in [0, 0.05) is 24.4 Å². The van der Waals surface area contributed by atoms with E-state index in [4.69, 9.17) is 4.74 Å². The smallest absolute Gasteiger partial charge is 0.319 e. The molecule has 0 atom stereocenters. The van der Waals surface area contributed by atoms with Crippen molar-refractivity contribution in [2.45, 2.75) is 13.5 Å². The summed E-state index contributed by atoms with van der Waals surface area (Å²) in [6.45, 7) is 2.42. The highest BCUT2D eigenvalue weighted by Gasteiger charge is 2.14. The second-order valence-corrected chi connectivity index (χ2v) is 8.75. The van der Waals surface area contributed by atoms with Crippen molar-refractivity contribution in [3.05, 3.63) is 70.0 Å². The number of hydrogen-bond acceptors (Lipinski definition) is 7. The molecule has 0 spiro atoms. The van der Waals surface area contributed by atoms with E-state index in [0.717, 1.165) is 20.5 Å². The van der Waals surface area contributed by atoms with Crippen LogP contribution in [0.15, 0.2) is 58.7 Å². The zero-order valence-electron chi connectivity index (χ0n) is 17.5. The van der Waals surface area contributed by atoms with Gasteiger partial charge in [-0.15, -0.1) is 22.7 Å². The molecule has 0 bridgehead atoms. The normalized spacial score (nSPS) is 10.7. The number of amides is 2. The number of carbonyl (C=O) groups is 1. The first-order valence-electron chi connectivity index (χ1n) is 9.82. The minimum atomic E-state index is -0.374. The fraction of sp³-hybridized carbons (Fsp3) is 0.182. The van der Waals surface area contributed by atoms with Crippen LogP contribution in [-0.4, -0.2) is 34.5 Å². The second kappa shape index (κ2) is 9.75. The average molecular weight is 468 g/mol. The van der Waals surface area contributed by atoms with E-state index in [-0.39, 0.29) is 24.7 Å². The van der Waals surface area contributed by atoms with Gasteiger partial charge in [0.15, 0.2) is 0 Å². The number of thiazole rings is 1. The van der Waals surface area contributed by atoms with E-state index in [9.17, 15) is 9.59 Å². The van der Waals surface area contributed by atoms with Gasteiger partial charge < -0.3 is 15.4 Å². The molecule has 0 unspecified atom stereocenters. The number of thiophene rings is 1. The summed E-state index contributed by atoms with van der Waals surface area (Å²) in [7, 11) is 1.56. The fourth-order valence-electron chi connectivity index (χ4n) is 3.02. The van der Waals surface area contributed by atoms with Crippen molar-refractivity contribution in [2.75, 3.05) is 19.0 Å². The van der Waals surface area contributed by atoms with E-state index >= 15 is 0 Å². The van der Waals surface area contributed by atoms with Crippen molar-refractivity contribution < 1.29 is 9.53 Å². The summed E-state index contributed by atoms with van der Waals surface area (Å²) in [5.41, 5.74) is 1.93. The summed E-state index contributed by atoms with van der Waals surface area (Å²) in [6, 6.07) is 13.9. The van der Waals surface area contributed by atoms with Gasteiger partial charge in [-0.05, 0) is 36.6 Å². The molecule has 32 heavy (non-hydrogen) atoms. The highest BCUT2D eigenvalue weighted by atomic mass is 32.1. The molecule has 0 fully saturated rings. The molecular weight excluding hydrogens is 446 g/mol. The average Bonchev–Trinajstić information content (AvgIpc) is 3.45. The van der Waals surface area contributed by atoms with E-state index in [1.807, 2.05) is 24.4 Å². The van der Waals surface area contributed by atoms with Gasteiger partial charge in [-0.2, -0.15) is 5.10 Å². The number of hydrogen-bond donors (Lipinski definition) is 2. The van der Waals surface area contributed by atoms with Gasteiger partial charge in [0.2, 0.25) is 0 Å². The predicted octanol–water partition coefficient (Wildman–Crippen LogP) is 4.23. The monoisotopic (exact) mass is 467 g/mol. The Hall–Kier alpha value is -3.50. The van der Waals surface area contributed by atoms with Crippen LogP contribution in [0.25, 0.3) is 20.5 Å². The summed E-state index contributed by atoms with van der Waals surface area (Å²) in [4.78, 5) is 31.1. The third-order valence-corrected chi connectivity index (χ3v) is 6.78. The van der Waals surface area contributed by atoms with Crippen molar-refractivity contribution in [3.63, 3.8) is 0 Å². The maximum atomic E-state index is 12.3. The van der Waals surface area contributed by atoms with Gasteiger partial charge in [-0.1, -0.05) is 12.1 Å². The third kappa shape index (κ3) is 5.04. The topological polar surface area (TPSA) is 98.1 Å². The SMILES string of the molecule is COc1cccc(NC(=O)NCCn2nc(-c3sc(-c4cccs4)nc3C)ccc2=O)c1. The third-order valence-electron chi connectivity index (χ3n) is 4.56. The molecule has 2 amide bonds. The number of nitrogens with zero attached hydrogens (tertiary/aromatic N) is 3. The van der Waals surface area contributed by atoms with Crippen LogP contribution in [0.4, 0.5) is 10.5 Å². The zero-order chi connectivity index (χ0) is 22.5. The summed E-state index contributed by atoms with van der Waals surface area (Å²) in [6.07, 6.45) is 0. The number of anilines is 1. The Morgan fingerprint density at radius 2 is 2.06 bits per heavy atom. The number of urea groups is 1. The van der Waals surface area contributed by atoms with Crippen LogP contribution in [0.2, 0.25) is 0 Å². The first-order valence-corrected chi connectivity index (χ1v) is 11.5. The van der Waals surface area contributed by atoms with Crippen molar-refractivity contribution in [1.82, 2.24) is 20.1 Å². The standard InChI is InChI=1S/C22H21N5O3S2/c1-14-20(32-21(24-14)18-7-4-12-31-18)17-8-9-19(28)27(26-17)11-10-23-22(29)25-15-5-3-6-16(13-15)30-2/h3-9,12-13H,10-11H2,1-2H3,(H2,23,25,29). The number of aryl methyl sites for hydroxylation is 1. The molecule has 0 aliphatic carbocycles. The van der Waals surface area contributed by atoms with Crippen LogP contribution in [0.5, 0.6) is 5.75 Å². The Labute approximate surface area is 192 Å². The van der Waals surface area contributed by atoms with Crippen molar-refractivity contribution in [1.29, 1.82) is 0 Å². The lowest BCUT2D eigenvalue weighted by Gasteiger charge is -2.10. The van der Waals surface area contributed by atoms with Gasteiger partial charge in [0.1, 0.15) is 16.5 Å². The number of benzene rings is 1. The fourth-order valence-corrected chi connectivity index (χ4v) is 4.85. The Morgan fingerprint density at radius 3 is 2.84 bits per heavy atom. The highest BCUT2D eigenvalue weighted by Crippen LogP contribution is 2.35. The summed E-state index contributed by atoms with van der Waals surface area (Å²) >= 11 is 3.18. The van der Waals surface area contributed by atoms with Crippen molar-refractivity contribution in [3.8, 4) is 26.2 Å². The maximum absolute atomic E-state index is 12.3. The van der Waals surface area contributed by atoms with Crippen molar-refractivity contribution >= 4 is 34.4 Å². The number of aromatic nitrogens is 3. The van der Waals surface area contributed by atoms with Gasteiger partial charge in [0.25, 0.3) is 5.56 Å². The first-order chi connectivity index (χ1) is 15.5. The molecule has 3 aromatic heterocycles. The second-order valence-electron chi connectivity index (χ2n) is 6.80. The number of carbonyl (C=O) groups excluding carboxylic acids is 1. The molecule has 4 aromatic rings. The van der Waals surface area contributed by atoms with Crippen molar-refractivity contribution in [2.24, 2.45) is 0 Å². The van der Waals surface area contributed by atoms with Gasteiger partial charge in [0.05, 0.1) is 29.1 Å². The highest BCUT2D eigenvalue weighted by molar-refractivity contribution is 7.23. The van der Waals surface area contributed by atoms with E-state index in [1.54, 1.807) is 60.1 Å². The summed E-state index contributed by atoms with van der Waals surface area (Å²) in [5.74, 6) is 0.649. The lowest BCUT2D eigenvalue weighted by molar-refractivity contribution is 0.251. The quantitative estimate of drug-likeness (QED) is 0.424. The molecule has 3 heterocycles. The Balaban J connectivity index is 1.41. The van der Waals surface area contributed by atoms with E-state index in [0.29, 0.717) is 17.1 Å².